The van der Waals surface area contributed by atoms with Crippen LogP contribution in [0.4, 0.5) is 0 Å². The molecular formula is C10H14NO+. The van der Waals surface area contributed by atoms with E-state index in [9.17, 15) is 0 Å². The predicted octanol–water partition coefficient (Wildman–Crippen LogP) is 1.46. The number of hydrogen-bond donors (Lipinski definition) is 0. The average Bonchev–Trinajstić information content (AvgIpc) is 2.15. The maximum Gasteiger partial charge on any atom is 0.223 e. The normalized spacial score (nSPS) is 10.5. The molecule has 1 rings (SSSR count). The quantitative estimate of drug-likeness (QED) is 0.616. The predicted molar refractivity (Wildman–Crippen MR) is 48.5 cm³/mol. The van der Waals surface area contributed by atoms with Crippen LogP contribution >= 0.6 is 0 Å². The molecule has 12 heavy (non-hydrogen) atoms. The topological polar surface area (TPSA) is 13.1 Å². The Morgan fingerprint density at radius 2 is 2.08 bits per heavy atom. The summed E-state index contributed by atoms with van der Waals surface area (Å²) in [4.78, 5) is 4.97. The molecule has 0 N–H and O–H groups in total. The molecule has 2 heteroatoms. The Bertz CT molecular complexity index is 251. The molecule has 1 heterocycles. The number of aromatic nitrogens is 1. The van der Waals surface area contributed by atoms with Crippen molar-refractivity contribution in [1.29, 1.82) is 0 Å². The Morgan fingerprint density at radius 3 is 2.58 bits per heavy atom. The van der Waals surface area contributed by atoms with Gasteiger partial charge in [0.25, 0.3) is 0 Å². The van der Waals surface area contributed by atoms with Crippen molar-refractivity contribution in [1.82, 2.24) is 0 Å². The van der Waals surface area contributed by atoms with Crippen LogP contribution in [0.25, 0.3) is 6.08 Å². The van der Waals surface area contributed by atoms with Crippen molar-refractivity contribution in [2.75, 3.05) is 7.11 Å². The highest BCUT2D eigenvalue weighted by molar-refractivity contribution is 5.47. The maximum atomic E-state index is 4.97. The first kappa shape index (κ1) is 8.78. The molecule has 0 saturated carbocycles. The van der Waals surface area contributed by atoms with Crippen LogP contribution < -0.4 is 9.57 Å². The zero-order valence-corrected chi connectivity index (χ0v) is 7.53. The van der Waals surface area contributed by atoms with Gasteiger partial charge in [0.2, 0.25) is 12.4 Å². The summed E-state index contributed by atoms with van der Waals surface area (Å²) in [5.74, 6) is 0. The van der Waals surface area contributed by atoms with Crippen molar-refractivity contribution in [3.63, 3.8) is 0 Å². The molecule has 0 atom stereocenters. The molecule has 0 saturated heterocycles. The summed E-state index contributed by atoms with van der Waals surface area (Å²) in [6.45, 7) is 2.12. The van der Waals surface area contributed by atoms with Crippen molar-refractivity contribution in [2.24, 2.45) is 0 Å². The second kappa shape index (κ2) is 4.54. The largest absolute Gasteiger partial charge is 0.275 e. The molecule has 2 nitrogen and oxygen atoms in total. The number of nitrogens with zero attached hydrogens (tertiary/aromatic N) is 1. The summed E-state index contributed by atoms with van der Waals surface area (Å²) in [5.41, 5.74) is 1.20. The summed E-state index contributed by atoms with van der Waals surface area (Å²) < 4.78 is 1.66. The second-order valence-electron chi connectivity index (χ2n) is 2.48. The van der Waals surface area contributed by atoms with Crippen LogP contribution in [-0.2, 0) is 0 Å². The Kier molecular flexibility index (Phi) is 3.33. The summed E-state index contributed by atoms with van der Waals surface area (Å²) in [5, 5.41) is 0. The summed E-state index contributed by atoms with van der Waals surface area (Å²) in [6.07, 6.45) is 9.07. The zero-order valence-electron chi connectivity index (χ0n) is 7.53. The van der Waals surface area contributed by atoms with Crippen molar-refractivity contribution in [3.05, 3.63) is 36.2 Å². The molecule has 0 unspecified atom stereocenters. The lowest BCUT2D eigenvalue weighted by Gasteiger charge is -1.91. The minimum Gasteiger partial charge on any atom is -0.275 e. The van der Waals surface area contributed by atoms with Gasteiger partial charge >= 0.3 is 0 Å². The van der Waals surface area contributed by atoms with E-state index in [4.69, 9.17) is 4.84 Å². The molecule has 0 aliphatic rings. The Balaban J connectivity index is 2.71. The molecule has 0 bridgehead atoms. The molecule has 64 valence electrons. The van der Waals surface area contributed by atoms with E-state index >= 15 is 0 Å². The highest BCUT2D eigenvalue weighted by Gasteiger charge is 1.95. The van der Waals surface area contributed by atoms with Crippen LogP contribution in [0.2, 0.25) is 0 Å². The monoisotopic (exact) mass is 164 g/mol. The highest BCUT2D eigenvalue weighted by atomic mass is 16.6. The van der Waals surface area contributed by atoms with Crippen LogP contribution in [0.3, 0.4) is 0 Å². The summed E-state index contributed by atoms with van der Waals surface area (Å²) >= 11 is 0. The van der Waals surface area contributed by atoms with Crippen molar-refractivity contribution in [2.45, 2.75) is 13.3 Å². The number of pyridine rings is 1. The van der Waals surface area contributed by atoms with Crippen molar-refractivity contribution < 1.29 is 9.57 Å². The third-order valence-corrected chi connectivity index (χ3v) is 1.58. The fraction of sp³-hybridized carbons (Fsp3) is 0.300. The van der Waals surface area contributed by atoms with E-state index in [0.29, 0.717) is 0 Å². The summed E-state index contributed by atoms with van der Waals surface area (Å²) in [6, 6.07) is 4.02. The smallest absolute Gasteiger partial charge is 0.223 e. The molecule has 1 aromatic rings. The molecule has 1 aromatic heterocycles. The van der Waals surface area contributed by atoms with E-state index in [2.05, 4.69) is 19.1 Å². The van der Waals surface area contributed by atoms with Gasteiger partial charge in [-0.05, 0) is 12.0 Å². The van der Waals surface area contributed by atoms with Gasteiger partial charge in [-0.2, -0.15) is 0 Å². The molecular weight excluding hydrogens is 150 g/mol. The van der Waals surface area contributed by atoms with Gasteiger partial charge in [0.1, 0.15) is 7.11 Å². The fourth-order valence-corrected chi connectivity index (χ4v) is 0.911. The van der Waals surface area contributed by atoms with Gasteiger partial charge in [-0.1, -0.05) is 19.1 Å². The fourth-order valence-electron chi connectivity index (χ4n) is 0.911. The Morgan fingerprint density at radius 1 is 1.42 bits per heavy atom. The minimum absolute atomic E-state index is 1.07. The summed E-state index contributed by atoms with van der Waals surface area (Å²) in [7, 11) is 1.64. The van der Waals surface area contributed by atoms with E-state index in [1.807, 2.05) is 24.5 Å². The number of hydrogen-bond acceptors (Lipinski definition) is 1. The first-order chi connectivity index (χ1) is 5.86. The SMILES string of the molecule is CC/C=C/c1cc[n+](OC)cc1. The van der Waals surface area contributed by atoms with Gasteiger partial charge in [-0.3, -0.25) is 4.84 Å². The number of allylic oxidation sites excluding steroid dienone is 1. The van der Waals surface area contributed by atoms with Crippen LogP contribution in [0.15, 0.2) is 30.6 Å². The first-order valence-electron chi connectivity index (χ1n) is 4.09. The molecule has 0 spiro atoms. The van der Waals surface area contributed by atoms with E-state index in [1.165, 1.54) is 5.56 Å². The lowest BCUT2D eigenvalue weighted by atomic mass is 10.2. The number of rotatable bonds is 3. The van der Waals surface area contributed by atoms with Crippen LogP contribution in [0.1, 0.15) is 18.9 Å². The molecule has 0 aliphatic heterocycles. The third-order valence-electron chi connectivity index (χ3n) is 1.58. The van der Waals surface area contributed by atoms with Gasteiger partial charge in [0.15, 0.2) is 0 Å². The van der Waals surface area contributed by atoms with Gasteiger partial charge in [-0.25, -0.2) is 0 Å². The van der Waals surface area contributed by atoms with Gasteiger partial charge in [0, 0.05) is 16.9 Å². The average molecular weight is 164 g/mol. The molecule has 0 radical (unpaired) electrons. The van der Waals surface area contributed by atoms with E-state index < -0.39 is 0 Å². The minimum atomic E-state index is 1.07. The second-order valence-corrected chi connectivity index (χ2v) is 2.48. The standard InChI is InChI=1S/C10H14NO/c1-3-4-5-10-6-8-11(12-2)9-7-10/h4-9H,3H2,1-2H3/q+1/b5-4+. The maximum absolute atomic E-state index is 4.97. The van der Waals surface area contributed by atoms with E-state index in [0.717, 1.165) is 6.42 Å². The van der Waals surface area contributed by atoms with Crippen LogP contribution in [0.5, 0.6) is 0 Å². The van der Waals surface area contributed by atoms with Crippen molar-refractivity contribution >= 4 is 6.08 Å². The zero-order chi connectivity index (χ0) is 8.81. The molecule has 0 aromatic carbocycles. The lowest BCUT2D eigenvalue weighted by Crippen LogP contribution is -2.39. The molecule has 0 fully saturated rings. The molecule has 0 amide bonds. The lowest BCUT2D eigenvalue weighted by molar-refractivity contribution is -0.885. The first-order valence-corrected chi connectivity index (χ1v) is 4.09. The highest BCUT2D eigenvalue weighted by Crippen LogP contribution is 1.98. The van der Waals surface area contributed by atoms with E-state index in [-0.39, 0.29) is 0 Å². The van der Waals surface area contributed by atoms with Crippen LogP contribution in [-0.4, -0.2) is 7.11 Å². The van der Waals surface area contributed by atoms with E-state index in [1.54, 1.807) is 11.8 Å². The van der Waals surface area contributed by atoms with Crippen LogP contribution in [0, 0.1) is 0 Å². The van der Waals surface area contributed by atoms with Gasteiger partial charge < -0.3 is 0 Å². The third kappa shape index (κ3) is 2.38. The Labute approximate surface area is 73.1 Å². The van der Waals surface area contributed by atoms with Crippen molar-refractivity contribution in [3.8, 4) is 0 Å². The van der Waals surface area contributed by atoms with Gasteiger partial charge in [-0.15, -0.1) is 0 Å². The molecule has 0 aliphatic carbocycles. The Hall–Kier alpha value is -1.31. The van der Waals surface area contributed by atoms with Gasteiger partial charge in [0.05, 0.1) is 0 Å².